The van der Waals surface area contributed by atoms with Crippen LogP contribution in [0.15, 0.2) is 12.1 Å². The molecular formula is C20H22Cl2O4. The minimum atomic E-state index is -0.458. The molecule has 1 aromatic rings. The van der Waals surface area contributed by atoms with Crippen molar-refractivity contribution in [2.75, 3.05) is 0 Å². The number of hydrogen-bond donors (Lipinski definition) is 0. The maximum absolute atomic E-state index is 12.0. The molecular weight excluding hydrogens is 375 g/mol. The molecule has 0 N–H and O–H groups in total. The second kappa shape index (κ2) is 7.24. The number of carbonyl (C=O) groups is 2. The number of hydrogen-bond acceptors (Lipinski definition) is 4. The molecule has 1 unspecified atom stereocenters. The summed E-state index contributed by atoms with van der Waals surface area (Å²) in [6, 6.07) is 1.77. The lowest BCUT2D eigenvalue weighted by Crippen LogP contribution is -2.31. The molecule has 6 heteroatoms. The molecule has 0 spiro atoms. The molecule has 26 heavy (non-hydrogen) atoms. The Bertz CT molecular complexity index is 797. The molecule has 0 heterocycles. The predicted octanol–water partition coefficient (Wildman–Crippen LogP) is 5.58. The summed E-state index contributed by atoms with van der Waals surface area (Å²) in [5.41, 5.74) is 2.64. The van der Waals surface area contributed by atoms with E-state index in [2.05, 4.69) is 13.8 Å². The molecule has 0 saturated carbocycles. The van der Waals surface area contributed by atoms with Crippen LogP contribution < -0.4 is 4.89 Å². The molecule has 140 valence electrons. The lowest BCUT2D eigenvalue weighted by atomic mass is 9.66. The second-order valence-corrected chi connectivity index (χ2v) is 8.09. The monoisotopic (exact) mass is 396 g/mol. The van der Waals surface area contributed by atoms with Gasteiger partial charge in [0.05, 0.1) is 5.02 Å². The van der Waals surface area contributed by atoms with Crippen LogP contribution in [0.1, 0.15) is 57.6 Å². The summed E-state index contributed by atoms with van der Waals surface area (Å²) in [6.07, 6.45) is 4.75. The molecule has 0 fully saturated rings. The first-order valence-corrected chi connectivity index (χ1v) is 9.69. The van der Waals surface area contributed by atoms with Crippen molar-refractivity contribution in [3.63, 3.8) is 0 Å². The number of fused-ring (bicyclic) bond motifs is 3. The van der Waals surface area contributed by atoms with E-state index in [1.165, 1.54) is 0 Å². The third kappa shape index (κ3) is 3.14. The SMILES string of the molecule is CCCC(=O)OOc1cc2c(c(Cl)c1Cl)C1=CC(=O)CCC1(C(C)C)C2. The average Bonchev–Trinajstić information content (AvgIpc) is 2.92. The van der Waals surface area contributed by atoms with Crippen molar-refractivity contribution in [1.29, 1.82) is 0 Å². The number of rotatable bonds is 5. The summed E-state index contributed by atoms with van der Waals surface area (Å²) in [4.78, 5) is 33.6. The first kappa shape index (κ1) is 19.2. The third-order valence-electron chi connectivity index (χ3n) is 5.47. The molecule has 0 aromatic heterocycles. The van der Waals surface area contributed by atoms with Gasteiger partial charge in [0.15, 0.2) is 11.5 Å². The maximum atomic E-state index is 12.0. The highest BCUT2D eigenvalue weighted by atomic mass is 35.5. The Morgan fingerprint density at radius 1 is 1.31 bits per heavy atom. The highest BCUT2D eigenvalue weighted by Crippen LogP contribution is 2.59. The van der Waals surface area contributed by atoms with Gasteiger partial charge in [-0.1, -0.05) is 44.0 Å². The molecule has 0 aliphatic heterocycles. The summed E-state index contributed by atoms with van der Waals surface area (Å²) in [6.45, 7) is 6.20. The maximum Gasteiger partial charge on any atom is 0.355 e. The van der Waals surface area contributed by atoms with Gasteiger partial charge in [-0.3, -0.25) is 14.6 Å². The first-order valence-electron chi connectivity index (χ1n) is 8.93. The molecule has 1 atom stereocenters. The number of carbonyl (C=O) groups excluding carboxylic acids is 2. The van der Waals surface area contributed by atoms with Crippen molar-refractivity contribution in [3.05, 3.63) is 33.3 Å². The zero-order valence-corrected chi connectivity index (χ0v) is 16.7. The molecule has 0 radical (unpaired) electrons. The summed E-state index contributed by atoms with van der Waals surface area (Å²) >= 11 is 12.9. The molecule has 0 amide bonds. The Kier molecular flexibility index (Phi) is 5.36. The van der Waals surface area contributed by atoms with E-state index in [1.807, 2.05) is 6.92 Å². The van der Waals surface area contributed by atoms with Crippen LogP contribution >= 0.6 is 23.2 Å². The van der Waals surface area contributed by atoms with Gasteiger partial charge in [0, 0.05) is 23.8 Å². The summed E-state index contributed by atoms with van der Waals surface area (Å²) in [5, 5.41) is 0.530. The summed E-state index contributed by atoms with van der Waals surface area (Å²) in [7, 11) is 0. The minimum Gasteiger partial charge on any atom is -0.295 e. The fraction of sp³-hybridized carbons (Fsp3) is 0.500. The van der Waals surface area contributed by atoms with Crippen LogP contribution in [0.2, 0.25) is 10.0 Å². The highest BCUT2D eigenvalue weighted by molar-refractivity contribution is 6.44. The number of ketones is 1. The van der Waals surface area contributed by atoms with Gasteiger partial charge in [0.2, 0.25) is 0 Å². The minimum absolute atomic E-state index is 0.116. The average molecular weight is 397 g/mol. The van der Waals surface area contributed by atoms with Crippen molar-refractivity contribution in [1.82, 2.24) is 0 Å². The molecule has 4 nitrogen and oxygen atoms in total. The van der Waals surface area contributed by atoms with Crippen LogP contribution in [0.4, 0.5) is 0 Å². The zero-order valence-electron chi connectivity index (χ0n) is 15.2. The quantitative estimate of drug-likeness (QED) is 0.481. The number of allylic oxidation sites excluding steroid dienone is 2. The predicted molar refractivity (Wildman–Crippen MR) is 101 cm³/mol. The van der Waals surface area contributed by atoms with Gasteiger partial charge in [-0.15, -0.1) is 0 Å². The van der Waals surface area contributed by atoms with E-state index in [4.69, 9.17) is 33.0 Å². The third-order valence-corrected chi connectivity index (χ3v) is 6.32. The first-order chi connectivity index (χ1) is 12.3. The Hall–Kier alpha value is -1.52. The Balaban J connectivity index is 2.01. The van der Waals surface area contributed by atoms with Gasteiger partial charge in [0.25, 0.3) is 0 Å². The topological polar surface area (TPSA) is 52.6 Å². The van der Waals surface area contributed by atoms with Gasteiger partial charge < -0.3 is 0 Å². The van der Waals surface area contributed by atoms with Crippen molar-refractivity contribution in [2.24, 2.45) is 11.3 Å². The Labute approximate surface area is 163 Å². The van der Waals surface area contributed by atoms with E-state index >= 15 is 0 Å². The van der Waals surface area contributed by atoms with E-state index in [-0.39, 0.29) is 28.4 Å². The Morgan fingerprint density at radius 3 is 2.69 bits per heavy atom. The van der Waals surface area contributed by atoms with Crippen molar-refractivity contribution < 1.29 is 19.4 Å². The van der Waals surface area contributed by atoms with Gasteiger partial charge in [0.1, 0.15) is 5.02 Å². The van der Waals surface area contributed by atoms with Gasteiger partial charge in [-0.25, -0.2) is 4.79 Å². The van der Waals surface area contributed by atoms with Crippen molar-refractivity contribution in [2.45, 2.75) is 52.9 Å². The molecule has 1 aromatic carbocycles. The van der Waals surface area contributed by atoms with E-state index in [1.54, 1.807) is 12.1 Å². The standard InChI is InChI=1S/C20H22Cl2O4/c1-4-5-16(24)26-25-15-8-12-10-20(11(2)3)7-6-13(23)9-14(20)17(12)19(22)18(15)21/h8-9,11H,4-7,10H2,1-3H3. The fourth-order valence-electron chi connectivity index (χ4n) is 3.99. The molecule has 0 saturated heterocycles. The van der Waals surface area contributed by atoms with Crippen LogP contribution in [0.5, 0.6) is 5.75 Å². The normalized spacial score (nSPS) is 21.3. The van der Waals surface area contributed by atoms with Crippen LogP contribution in [0.3, 0.4) is 0 Å². The van der Waals surface area contributed by atoms with Crippen LogP contribution in [0.25, 0.3) is 5.57 Å². The van der Waals surface area contributed by atoms with E-state index in [9.17, 15) is 9.59 Å². The molecule has 3 rings (SSSR count). The fourth-order valence-corrected chi connectivity index (χ4v) is 4.48. The van der Waals surface area contributed by atoms with Gasteiger partial charge in [-0.05, 0) is 48.5 Å². The summed E-state index contributed by atoms with van der Waals surface area (Å²) in [5.74, 6) is 0.228. The molecule has 2 aliphatic rings. The van der Waals surface area contributed by atoms with Crippen molar-refractivity contribution >= 4 is 40.5 Å². The van der Waals surface area contributed by atoms with Crippen LogP contribution in [-0.2, 0) is 20.9 Å². The smallest absolute Gasteiger partial charge is 0.295 e. The molecule has 0 bridgehead atoms. The second-order valence-electron chi connectivity index (χ2n) is 7.34. The largest absolute Gasteiger partial charge is 0.355 e. The molecule has 2 aliphatic carbocycles. The summed E-state index contributed by atoms with van der Waals surface area (Å²) < 4.78 is 0. The number of halogens is 2. The lowest BCUT2D eigenvalue weighted by Gasteiger charge is -2.37. The van der Waals surface area contributed by atoms with E-state index in [0.717, 1.165) is 29.5 Å². The Morgan fingerprint density at radius 2 is 2.04 bits per heavy atom. The zero-order chi connectivity index (χ0) is 19.1. The lowest BCUT2D eigenvalue weighted by molar-refractivity contribution is -0.213. The highest BCUT2D eigenvalue weighted by Gasteiger charge is 2.47. The van der Waals surface area contributed by atoms with Crippen molar-refractivity contribution in [3.8, 4) is 5.75 Å². The van der Waals surface area contributed by atoms with Gasteiger partial charge >= 0.3 is 5.97 Å². The van der Waals surface area contributed by atoms with E-state index in [0.29, 0.717) is 23.8 Å². The van der Waals surface area contributed by atoms with E-state index < -0.39 is 5.97 Å². The van der Waals surface area contributed by atoms with Gasteiger partial charge in [-0.2, -0.15) is 0 Å². The van der Waals surface area contributed by atoms with Crippen LogP contribution in [0, 0.1) is 11.3 Å². The van der Waals surface area contributed by atoms with Crippen LogP contribution in [-0.4, -0.2) is 11.8 Å². The number of benzene rings is 1.